The summed E-state index contributed by atoms with van der Waals surface area (Å²) >= 11 is 2.04. The predicted octanol–water partition coefficient (Wildman–Crippen LogP) is 1.99. The van der Waals surface area contributed by atoms with Crippen LogP contribution in [-0.4, -0.2) is 104 Å². The molecule has 0 spiro atoms. The minimum absolute atomic E-state index is 0. The van der Waals surface area contributed by atoms with Crippen molar-refractivity contribution in [3.8, 4) is 0 Å². The van der Waals surface area contributed by atoms with Gasteiger partial charge in [0.25, 0.3) is 0 Å². The third-order valence-electron chi connectivity index (χ3n) is 6.00. The smallest absolute Gasteiger partial charge is 0.409 e. The van der Waals surface area contributed by atoms with E-state index in [1.165, 1.54) is 12.2 Å². The third-order valence-corrected chi connectivity index (χ3v) is 7.24. The Hall–Kier alpha value is -0.460. The van der Waals surface area contributed by atoms with Gasteiger partial charge in [-0.15, -0.1) is 24.0 Å². The molecule has 2 N–H and O–H groups in total. The standard InChI is InChI=1S/C20H37N5O3S.HI/c1-3-21-18(23-17-5-8-24(9-6-17)19(26)28-4-2)22-15-20(7-14-29-16-20)25-10-12-27-13-11-25;/h17H,3-16H2,1-2H3,(H2,21,22,23);1H. The van der Waals surface area contributed by atoms with Gasteiger partial charge < -0.3 is 25.0 Å². The molecule has 3 fully saturated rings. The fourth-order valence-corrected chi connectivity index (χ4v) is 5.74. The first-order chi connectivity index (χ1) is 14.2. The average molecular weight is 556 g/mol. The fraction of sp³-hybridized carbons (Fsp3) is 0.900. The molecule has 3 rings (SSSR count). The highest BCUT2D eigenvalue weighted by molar-refractivity contribution is 14.0. The molecule has 8 nitrogen and oxygen atoms in total. The van der Waals surface area contributed by atoms with E-state index in [2.05, 4.69) is 22.5 Å². The maximum Gasteiger partial charge on any atom is 0.409 e. The lowest BCUT2D eigenvalue weighted by molar-refractivity contribution is -0.0104. The van der Waals surface area contributed by atoms with Crippen LogP contribution in [0, 0.1) is 0 Å². The molecule has 0 bridgehead atoms. The molecule has 3 aliphatic heterocycles. The molecule has 0 radical (unpaired) electrons. The van der Waals surface area contributed by atoms with Gasteiger partial charge in [-0.1, -0.05) is 0 Å². The van der Waals surface area contributed by atoms with Crippen LogP contribution >= 0.6 is 35.7 Å². The molecule has 10 heteroatoms. The molecule has 3 saturated heterocycles. The van der Waals surface area contributed by atoms with Crippen molar-refractivity contribution in [3.05, 3.63) is 0 Å². The topological polar surface area (TPSA) is 78.4 Å². The van der Waals surface area contributed by atoms with Gasteiger partial charge in [-0.25, -0.2) is 4.79 Å². The molecule has 30 heavy (non-hydrogen) atoms. The van der Waals surface area contributed by atoms with Gasteiger partial charge in [-0.2, -0.15) is 11.8 Å². The summed E-state index contributed by atoms with van der Waals surface area (Å²) < 4.78 is 10.7. The van der Waals surface area contributed by atoms with Gasteiger partial charge in [0.05, 0.1) is 31.9 Å². The highest BCUT2D eigenvalue weighted by Crippen LogP contribution is 2.34. The minimum Gasteiger partial charge on any atom is -0.450 e. The molecule has 0 saturated carbocycles. The van der Waals surface area contributed by atoms with Crippen molar-refractivity contribution >= 4 is 47.8 Å². The highest BCUT2D eigenvalue weighted by atomic mass is 127. The summed E-state index contributed by atoms with van der Waals surface area (Å²) in [5.74, 6) is 3.25. The number of carbonyl (C=O) groups excluding carboxylic acids is 1. The molecule has 0 aromatic heterocycles. The van der Waals surface area contributed by atoms with Crippen LogP contribution in [-0.2, 0) is 9.47 Å². The zero-order chi connectivity index (χ0) is 20.5. The summed E-state index contributed by atoms with van der Waals surface area (Å²) in [6.45, 7) is 11.1. The Morgan fingerprint density at radius 2 is 1.97 bits per heavy atom. The number of ether oxygens (including phenoxy) is 2. The van der Waals surface area contributed by atoms with Gasteiger partial charge in [0.2, 0.25) is 0 Å². The van der Waals surface area contributed by atoms with Crippen LogP contribution in [0.5, 0.6) is 0 Å². The number of carbonyl (C=O) groups is 1. The Morgan fingerprint density at radius 3 is 2.57 bits per heavy atom. The normalized spacial score (nSPS) is 26.2. The van der Waals surface area contributed by atoms with Gasteiger partial charge in [0, 0.05) is 44.5 Å². The molecule has 0 aliphatic carbocycles. The van der Waals surface area contributed by atoms with Crippen molar-refractivity contribution in [1.82, 2.24) is 20.4 Å². The Morgan fingerprint density at radius 1 is 1.23 bits per heavy atom. The number of nitrogens with one attached hydrogen (secondary N) is 2. The molecule has 174 valence electrons. The maximum absolute atomic E-state index is 11.9. The third kappa shape index (κ3) is 7.03. The second-order valence-corrected chi connectivity index (χ2v) is 9.03. The van der Waals surface area contributed by atoms with Gasteiger partial charge in [0.15, 0.2) is 5.96 Å². The number of nitrogens with zero attached hydrogens (tertiary/aromatic N) is 3. The van der Waals surface area contributed by atoms with Crippen LogP contribution in [0.25, 0.3) is 0 Å². The lowest BCUT2D eigenvalue weighted by atomic mass is 9.96. The number of guanidine groups is 1. The van der Waals surface area contributed by atoms with Crippen molar-refractivity contribution < 1.29 is 14.3 Å². The summed E-state index contributed by atoms with van der Waals surface area (Å²) in [5.41, 5.74) is 0.157. The van der Waals surface area contributed by atoms with Crippen molar-refractivity contribution in [2.45, 2.75) is 44.7 Å². The van der Waals surface area contributed by atoms with Crippen LogP contribution in [0.4, 0.5) is 4.79 Å². The van der Waals surface area contributed by atoms with Crippen molar-refractivity contribution in [2.75, 3.05) is 70.6 Å². The summed E-state index contributed by atoms with van der Waals surface area (Å²) in [5, 5.41) is 7.01. The summed E-state index contributed by atoms with van der Waals surface area (Å²) in [4.78, 5) is 21.3. The number of hydrogen-bond donors (Lipinski definition) is 2. The van der Waals surface area contributed by atoms with Crippen molar-refractivity contribution in [3.63, 3.8) is 0 Å². The first-order valence-electron chi connectivity index (χ1n) is 11.0. The van der Waals surface area contributed by atoms with Gasteiger partial charge in [-0.3, -0.25) is 9.89 Å². The number of halogens is 1. The zero-order valence-corrected chi connectivity index (χ0v) is 21.5. The van der Waals surface area contributed by atoms with E-state index in [0.29, 0.717) is 12.6 Å². The highest BCUT2D eigenvalue weighted by Gasteiger charge is 2.40. The van der Waals surface area contributed by atoms with Crippen LogP contribution in [0.3, 0.4) is 0 Å². The van der Waals surface area contributed by atoms with E-state index in [9.17, 15) is 4.79 Å². The molecule has 3 aliphatic rings. The number of likely N-dealkylation sites (tertiary alicyclic amines) is 1. The molecular weight excluding hydrogens is 517 g/mol. The number of thioether (sulfide) groups is 1. The van der Waals surface area contributed by atoms with E-state index in [1.54, 1.807) is 4.90 Å². The van der Waals surface area contributed by atoms with Crippen LogP contribution in [0.15, 0.2) is 4.99 Å². The van der Waals surface area contributed by atoms with Crippen LogP contribution < -0.4 is 10.6 Å². The van der Waals surface area contributed by atoms with Gasteiger partial charge >= 0.3 is 6.09 Å². The Bertz CT molecular complexity index is 549. The molecule has 1 unspecified atom stereocenters. The molecule has 0 aromatic rings. The number of amides is 1. The van der Waals surface area contributed by atoms with Crippen molar-refractivity contribution in [1.29, 1.82) is 0 Å². The maximum atomic E-state index is 11.9. The van der Waals surface area contributed by atoms with Gasteiger partial charge in [0.1, 0.15) is 0 Å². The van der Waals surface area contributed by atoms with E-state index in [1.807, 2.05) is 18.7 Å². The van der Waals surface area contributed by atoms with Crippen LogP contribution in [0.2, 0.25) is 0 Å². The van der Waals surface area contributed by atoms with E-state index in [-0.39, 0.29) is 35.6 Å². The Kier molecular flexibility index (Phi) is 11.3. The first kappa shape index (κ1) is 25.8. The minimum atomic E-state index is -0.197. The largest absolute Gasteiger partial charge is 0.450 e. The first-order valence-corrected chi connectivity index (χ1v) is 12.2. The number of piperidine rings is 1. The summed E-state index contributed by atoms with van der Waals surface area (Å²) in [6.07, 6.45) is 2.82. The second-order valence-electron chi connectivity index (χ2n) is 7.93. The Labute approximate surface area is 202 Å². The number of hydrogen-bond acceptors (Lipinski definition) is 6. The van der Waals surface area contributed by atoms with Crippen molar-refractivity contribution in [2.24, 2.45) is 4.99 Å². The Balaban J connectivity index is 0.00000320. The lowest BCUT2D eigenvalue weighted by Gasteiger charge is -2.42. The zero-order valence-electron chi connectivity index (χ0n) is 18.4. The van der Waals surface area contributed by atoms with Gasteiger partial charge in [-0.05, 0) is 38.9 Å². The molecule has 1 atom stereocenters. The fourth-order valence-electron chi connectivity index (χ4n) is 4.27. The average Bonchev–Trinajstić information content (AvgIpc) is 3.24. The number of morpholine rings is 1. The van der Waals surface area contributed by atoms with Crippen LogP contribution in [0.1, 0.15) is 33.1 Å². The predicted molar refractivity (Wildman–Crippen MR) is 133 cm³/mol. The van der Waals surface area contributed by atoms with E-state index in [0.717, 1.165) is 77.0 Å². The summed E-state index contributed by atoms with van der Waals surface area (Å²) in [6, 6.07) is 0.329. The second kappa shape index (κ2) is 13.2. The SMILES string of the molecule is CCNC(=NCC1(N2CCOCC2)CCSC1)NC1CCN(C(=O)OCC)CC1.I. The summed E-state index contributed by atoms with van der Waals surface area (Å²) in [7, 11) is 0. The lowest BCUT2D eigenvalue weighted by Crippen LogP contribution is -2.56. The molecule has 1 amide bonds. The van der Waals surface area contributed by atoms with E-state index in [4.69, 9.17) is 14.5 Å². The molecule has 3 heterocycles. The number of aliphatic imine (C=N–C) groups is 1. The van der Waals surface area contributed by atoms with E-state index < -0.39 is 0 Å². The van der Waals surface area contributed by atoms with E-state index >= 15 is 0 Å². The molecular formula is C20H38IN5O3S. The molecule has 0 aromatic carbocycles. The number of rotatable bonds is 6. The quantitative estimate of drug-likeness (QED) is 0.295. The monoisotopic (exact) mass is 555 g/mol.